The number of nitrogens with zero attached hydrogens (tertiary/aromatic N) is 2. The van der Waals surface area contributed by atoms with E-state index in [1.165, 1.54) is 6.07 Å². The maximum absolute atomic E-state index is 14.3. The van der Waals surface area contributed by atoms with Crippen LogP contribution in [-0.2, 0) is 4.74 Å². The van der Waals surface area contributed by atoms with E-state index in [0.29, 0.717) is 18.9 Å². The number of halogens is 2. The fourth-order valence-corrected chi connectivity index (χ4v) is 2.77. The van der Waals surface area contributed by atoms with Crippen LogP contribution in [0.15, 0.2) is 45.9 Å². The van der Waals surface area contributed by atoms with E-state index in [0.717, 1.165) is 34.4 Å². The lowest BCUT2D eigenvalue weighted by molar-refractivity contribution is 0.122. The van der Waals surface area contributed by atoms with E-state index in [-0.39, 0.29) is 5.82 Å². The molecule has 5 heteroatoms. The van der Waals surface area contributed by atoms with Crippen molar-refractivity contribution < 1.29 is 9.13 Å². The third kappa shape index (κ3) is 3.98. The Labute approximate surface area is 143 Å². The van der Waals surface area contributed by atoms with Crippen LogP contribution in [0, 0.1) is 12.7 Å². The number of aliphatic imine (C=N–C) groups is 1. The van der Waals surface area contributed by atoms with Crippen molar-refractivity contribution in [1.82, 2.24) is 0 Å². The van der Waals surface area contributed by atoms with Gasteiger partial charge in [0.25, 0.3) is 0 Å². The highest BCUT2D eigenvalue weighted by Gasteiger charge is 2.14. The summed E-state index contributed by atoms with van der Waals surface area (Å²) in [7, 11) is 0. The van der Waals surface area contributed by atoms with E-state index >= 15 is 0 Å². The van der Waals surface area contributed by atoms with E-state index < -0.39 is 0 Å². The Morgan fingerprint density at radius 3 is 2.65 bits per heavy atom. The Kier molecular flexibility index (Phi) is 5.08. The predicted molar refractivity (Wildman–Crippen MR) is 95.6 cm³/mol. The zero-order chi connectivity index (χ0) is 16.2. The zero-order valence-corrected chi connectivity index (χ0v) is 14.5. The summed E-state index contributed by atoms with van der Waals surface area (Å²) in [5.41, 5.74) is 3.35. The molecule has 1 aliphatic heterocycles. The summed E-state index contributed by atoms with van der Waals surface area (Å²) < 4.78 is 20.7. The molecule has 1 saturated heterocycles. The minimum Gasteiger partial charge on any atom is -0.378 e. The van der Waals surface area contributed by atoms with Crippen LogP contribution in [0.5, 0.6) is 0 Å². The first-order valence-electron chi connectivity index (χ1n) is 7.56. The molecule has 3 rings (SSSR count). The van der Waals surface area contributed by atoms with Crippen molar-refractivity contribution in [2.24, 2.45) is 4.99 Å². The minimum absolute atomic E-state index is 0.220. The van der Waals surface area contributed by atoms with Crippen molar-refractivity contribution in [2.45, 2.75) is 6.92 Å². The van der Waals surface area contributed by atoms with Crippen LogP contribution in [0.1, 0.15) is 11.1 Å². The second-order valence-corrected chi connectivity index (χ2v) is 6.36. The Bertz CT molecular complexity index is 727. The lowest BCUT2D eigenvalue weighted by Crippen LogP contribution is -2.36. The lowest BCUT2D eigenvalue weighted by atomic mass is 10.2. The van der Waals surface area contributed by atoms with Crippen molar-refractivity contribution in [3.63, 3.8) is 0 Å². The number of hydrogen-bond donors (Lipinski definition) is 0. The van der Waals surface area contributed by atoms with Crippen molar-refractivity contribution in [2.75, 3.05) is 31.2 Å². The summed E-state index contributed by atoms with van der Waals surface area (Å²) in [6.45, 7) is 4.75. The van der Waals surface area contributed by atoms with Gasteiger partial charge in [0.05, 0.1) is 24.6 Å². The zero-order valence-electron chi connectivity index (χ0n) is 12.9. The number of rotatable bonds is 3. The van der Waals surface area contributed by atoms with Gasteiger partial charge in [-0.2, -0.15) is 0 Å². The van der Waals surface area contributed by atoms with Gasteiger partial charge in [0, 0.05) is 23.8 Å². The van der Waals surface area contributed by atoms with Crippen LogP contribution in [0.4, 0.5) is 15.8 Å². The summed E-state index contributed by atoms with van der Waals surface area (Å²) in [6, 6.07) is 11.1. The van der Waals surface area contributed by atoms with Crippen molar-refractivity contribution in [1.29, 1.82) is 0 Å². The van der Waals surface area contributed by atoms with Crippen LogP contribution in [-0.4, -0.2) is 32.5 Å². The molecule has 1 heterocycles. The molecule has 23 heavy (non-hydrogen) atoms. The van der Waals surface area contributed by atoms with Crippen molar-refractivity contribution >= 4 is 33.5 Å². The van der Waals surface area contributed by atoms with Gasteiger partial charge >= 0.3 is 0 Å². The van der Waals surface area contributed by atoms with E-state index in [1.807, 2.05) is 42.2 Å². The van der Waals surface area contributed by atoms with Crippen LogP contribution in [0.3, 0.4) is 0 Å². The predicted octanol–water partition coefficient (Wildman–Crippen LogP) is 4.48. The summed E-state index contributed by atoms with van der Waals surface area (Å²) in [6.07, 6.45) is 1.69. The summed E-state index contributed by atoms with van der Waals surface area (Å²) in [5, 5.41) is 0. The van der Waals surface area contributed by atoms with Gasteiger partial charge < -0.3 is 9.64 Å². The molecule has 1 aliphatic rings. The first-order valence-corrected chi connectivity index (χ1v) is 8.35. The Hall–Kier alpha value is -1.72. The summed E-state index contributed by atoms with van der Waals surface area (Å²) in [5.74, 6) is -0.220. The Morgan fingerprint density at radius 1 is 1.17 bits per heavy atom. The molecule has 0 spiro atoms. The second kappa shape index (κ2) is 7.23. The molecule has 0 radical (unpaired) electrons. The normalized spacial score (nSPS) is 15.3. The maximum atomic E-state index is 14.3. The Balaban J connectivity index is 1.76. The third-order valence-electron chi connectivity index (χ3n) is 3.83. The monoisotopic (exact) mass is 376 g/mol. The van der Waals surface area contributed by atoms with Gasteiger partial charge in [0.1, 0.15) is 5.82 Å². The standard InChI is InChI=1S/C18H18BrFN2O/c1-13-10-15(3-4-16(13)19)21-12-14-2-5-18(17(20)11-14)22-6-8-23-9-7-22/h2-5,10-12H,6-9H2,1H3. The molecule has 0 N–H and O–H groups in total. The first kappa shape index (κ1) is 16.1. The second-order valence-electron chi connectivity index (χ2n) is 5.50. The van der Waals surface area contributed by atoms with Crippen molar-refractivity contribution in [3.05, 3.63) is 57.8 Å². The molecule has 0 bridgehead atoms. The molecule has 0 atom stereocenters. The molecule has 120 valence electrons. The molecular weight excluding hydrogens is 359 g/mol. The highest BCUT2D eigenvalue weighted by atomic mass is 79.9. The number of morpholine rings is 1. The van der Waals surface area contributed by atoms with Gasteiger partial charge in [-0.1, -0.05) is 22.0 Å². The van der Waals surface area contributed by atoms with Gasteiger partial charge in [-0.05, 0) is 48.4 Å². The number of aryl methyl sites for hydroxylation is 1. The molecule has 0 saturated carbocycles. The smallest absolute Gasteiger partial charge is 0.147 e. The molecule has 0 aliphatic carbocycles. The van der Waals surface area contributed by atoms with Gasteiger partial charge in [-0.25, -0.2) is 4.39 Å². The first-order chi connectivity index (χ1) is 11.1. The van der Waals surface area contributed by atoms with Crippen LogP contribution < -0.4 is 4.90 Å². The van der Waals surface area contributed by atoms with E-state index in [9.17, 15) is 4.39 Å². The van der Waals surface area contributed by atoms with E-state index in [4.69, 9.17) is 4.74 Å². The largest absolute Gasteiger partial charge is 0.378 e. The topological polar surface area (TPSA) is 24.8 Å². The quantitative estimate of drug-likeness (QED) is 0.737. The SMILES string of the molecule is Cc1cc(N=Cc2ccc(N3CCOCC3)c(F)c2)ccc1Br. The number of ether oxygens (including phenoxy) is 1. The third-order valence-corrected chi connectivity index (χ3v) is 4.72. The van der Waals surface area contributed by atoms with Gasteiger partial charge in [-0.3, -0.25) is 4.99 Å². The molecular formula is C18H18BrFN2O. The molecule has 3 nitrogen and oxygen atoms in total. The average molecular weight is 377 g/mol. The van der Waals surface area contributed by atoms with Crippen LogP contribution in [0.25, 0.3) is 0 Å². The fraction of sp³-hybridized carbons (Fsp3) is 0.278. The summed E-state index contributed by atoms with van der Waals surface area (Å²) >= 11 is 3.47. The van der Waals surface area contributed by atoms with Gasteiger partial charge in [0.15, 0.2) is 0 Å². The van der Waals surface area contributed by atoms with Crippen molar-refractivity contribution in [3.8, 4) is 0 Å². The van der Waals surface area contributed by atoms with E-state index in [2.05, 4.69) is 20.9 Å². The highest BCUT2D eigenvalue weighted by molar-refractivity contribution is 9.10. The molecule has 2 aromatic rings. The minimum atomic E-state index is -0.220. The van der Waals surface area contributed by atoms with Crippen LogP contribution >= 0.6 is 15.9 Å². The van der Waals surface area contributed by atoms with Crippen LogP contribution in [0.2, 0.25) is 0 Å². The lowest BCUT2D eigenvalue weighted by Gasteiger charge is -2.29. The van der Waals surface area contributed by atoms with Gasteiger partial charge in [0.2, 0.25) is 0 Å². The number of benzene rings is 2. The average Bonchev–Trinajstić information content (AvgIpc) is 2.57. The molecule has 0 amide bonds. The van der Waals surface area contributed by atoms with E-state index in [1.54, 1.807) is 6.21 Å². The molecule has 2 aromatic carbocycles. The molecule has 1 fully saturated rings. The number of hydrogen-bond acceptors (Lipinski definition) is 3. The summed E-state index contributed by atoms with van der Waals surface area (Å²) in [4.78, 5) is 6.43. The molecule has 0 unspecified atom stereocenters. The molecule has 0 aromatic heterocycles. The van der Waals surface area contributed by atoms with Gasteiger partial charge in [-0.15, -0.1) is 0 Å². The fourth-order valence-electron chi connectivity index (χ4n) is 2.52. The maximum Gasteiger partial charge on any atom is 0.147 e. The Morgan fingerprint density at radius 2 is 1.96 bits per heavy atom. The highest BCUT2D eigenvalue weighted by Crippen LogP contribution is 2.23. The number of anilines is 1.